The molecule has 1 amide bonds. The number of hydrogen-bond donors (Lipinski definition) is 2. The molecule has 22 heavy (non-hydrogen) atoms. The smallest absolute Gasteiger partial charge is 0.251 e. The minimum atomic E-state index is -3.30. The standard InChI is InChI=1S/C16H18N2O3S/c1-17-22(20,21)12-14-7-5-6-13(10-14)11-18-16(19)15-8-3-2-4-9-15/h2-10,17H,11-12H2,1H3,(H,18,19). The average Bonchev–Trinajstić information content (AvgIpc) is 2.53. The molecule has 0 heterocycles. The number of benzene rings is 2. The first kappa shape index (κ1) is 16.2. The molecule has 2 aromatic rings. The van der Waals surface area contributed by atoms with E-state index in [9.17, 15) is 13.2 Å². The summed E-state index contributed by atoms with van der Waals surface area (Å²) in [4.78, 5) is 12.0. The number of sulfonamides is 1. The molecule has 0 atom stereocenters. The number of rotatable bonds is 6. The summed E-state index contributed by atoms with van der Waals surface area (Å²) in [6.07, 6.45) is 0. The van der Waals surface area contributed by atoms with Gasteiger partial charge in [0.25, 0.3) is 5.91 Å². The van der Waals surface area contributed by atoms with Crippen LogP contribution < -0.4 is 10.0 Å². The van der Waals surface area contributed by atoms with Crippen molar-refractivity contribution in [3.8, 4) is 0 Å². The normalized spacial score (nSPS) is 11.1. The van der Waals surface area contributed by atoms with Crippen molar-refractivity contribution < 1.29 is 13.2 Å². The Labute approximate surface area is 130 Å². The van der Waals surface area contributed by atoms with Crippen LogP contribution in [0.2, 0.25) is 0 Å². The van der Waals surface area contributed by atoms with E-state index in [1.807, 2.05) is 12.1 Å². The zero-order chi connectivity index (χ0) is 16.0. The highest BCUT2D eigenvalue weighted by molar-refractivity contribution is 7.88. The van der Waals surface area contributed by atoms with Crippen LogP contribution in [-0.2, 0) is 22.3 Å². The monoisotopic (exact) mass is 318 g/mol. The van der Waals surface area contributed by atoms with Gasteiger partial charge in [-0.15, -0.1) is 0 Å². The second-order valence-corrected chi connectivity index (χ2v) is 6.76. The Kier molecular flexibility index (Phi) is 5.30. The van der Waals surface area contributed by atoms with Crippen LogP contribution >= 0.6 is 0 Å². The average molecular weight is 318 g/mol. The van der Waals surface area contributed by atoms with Crippen molar-refractivity contribution in [3.05, 3.63) is 71.3 Å². The Bertz CT molecular complexity index is 743. The van der Waals surface area contributed by atoms with Crippen LogP contribution in [0.4, 0.5) is 0 Å². The highest BCUT2D eigenvalue weighted by atomic mass is 32.2. The van der Waals surface area contributed by atoms with Gasteiger partial charge in [-0.3, -0.25) is 4.79 Å². The molecule has 2 aromatic carbocycles. The van der Waals surface area contributed by atoms with Crippen LogP contribution in [0.5, 0.6) is 0 Å². The minimum absolute atomic E-state index is 0.0794. The van der Waals surface area contributed by atoms with Crippen molar-refractivity contribution in [1.29, 1.82) is 0 Å². The maximum Gasteiger partial charge on any atom is 0.251 e. The number of carbonyl (C=O) groups is 1. The van der Waals surface area contributed by atoms with Gasteiger partial charge in [-0.1, -0.05) is 42.5 Å². The summed E-state index contributed by atoms with van der Waals surface area (Å²) in [6, 6.07) is 16.1. The zero-order valence-electron chi connectivity index (χ0n) is 12.2. The fourth-order valence-electron chi connectivity index (χ4n) is 1.99. The third-order valence-corrected chi connectivity index (χ3v) is 4.48. The molecule has 6 heteroatoms. The molecule has 2 rings (SSSR count). The molecule has 116 valence electrons. The zero-order valence-corrected chi connectivity index (χ0v) is 13.1. The molecule has 0 fully saturated rings. The molecule has 0 spiro atoms. The van der Waals surface area contributed by atoms with Crippen molar-refractivity contribution in [2.75, 3.05) is 7.05 Å². The van der Waals surface area contributed by atoms with Gasteiger partial charge in [-0.25, -0.2) is 13.1 Å². The molecule has 0 bridgehead atoms. The summed E-state index contributed by atoms with van der Waals surface area (Å²) in [5.41, 5.74) is 2.13. The van der Waals surface area contributed by atoms with Crippen LogP contribution in [0, 0.1) is 0 Å². The summed E-state index contributed by atoms with van der Waals surface area (Å²) in [6.45, 7) is 0.348. The second kappa shape index (κ2) is 7.20. The van der Waals surface area contributed by atoms with Gasteiger partial charge < -0.3 is 5.32 Å². The fraction of sp³-hybridized carbons (Fsp3) is 0.188. The molecule has 0 aromatic heterocycles. The Morgan fingerprint density at radius 1 is 1.00 bits per heavy atom. The van der Waals surface area contributed by atoms with Gasteiger partial charge in [-0.2, -0.15) is 0 Å². The van der Waals surface area contributed by atoms with Crippen LogP contribution in [0.1, 0.15) is 21.5 Å². The van der Waals surface area contributed by atoms with Gasteiger partial charge >= 0.3 is 0 Å². The third kappa shape index (κ3) is 4.68. The molecule has 0 unspecified atom stereocenters. The van der Waals surface area contributed by atoms with Gasteiger partial charge in [0.1, 0.15) is 0 Å². The lowest BCUT2D eigenvalue weighted by Crippen LogP contribution is -2.23. The predicted octanol–water partition coefficient (Wildman–Crippen LogP) is 1.67. The first-order valence-electron chi connectivity index (χ1n) is 6.82. The Morgan fingerprint density at radius 3 is 2.36 bits per heavy atom. The molecule has 5 nitrogen and oxygen atoms in total. The number of hydrogen-bond acceptors (Lipinski definition) is 3. The van der Waals surface area contributed by atoms with Crippen molar-refractivity contribution >= 4 is 15.9 Å². The Balaban J connectivity index is 2.01. The molecule has 0 aliphatic heterocycles. The number of carbonyl (C=O) groups excluding carboxylic acids is 1. The molecular weight excluding hydrogens is 300 g/mol. The summed E-state index contributed by atoms with van der Waals surface area (Å²) in [7, 11) is -1.91. The maximum absolute atomic E-state index is 12.0. The van der Waals surface area contributed by atoms with Gasteiger partial charge in [0.2, 0.25) is 10.0 Å². The predicted molar refractivity (Wildman–Crippen MR) is 85.7 cm³/mol. The van der Waals surface area contributed by atoms with E-state index in [4.69, 9.17) is 0 Å². The van der Waals surface area contributed by atoms with E-state index >= 15 is 0 Å². The summed E-state index contributed by atoms with van der Waals surface area (Å²) < 4.78 is 25.4. The van der Waals surface area contributed by atoms with E-state index in [-0.39, 0.29) is 11.7 Å². The second-order valence-electron chi connectivity index (χ2n) is 4.83. The Morgan fingerprint density at radius 2 is 1.68 bits per heavy atom. The summed E-state index contributed by atoms with van der Waals surface area (Å²) in [5.74, 6) is -0.238. The molecular formula is C16H18N2O3S. The molecule has 0 saturated heterocycles. The highest BCUT2D eigenvalue weighted by Gasteiger charge is 2.09. The van der Waals surface area contributed by atoms with Gasteiger partial charge in [0, 0.05) is 12.1 Å². The minimum Gasteiger partial charge on any atom is -0.348 e. The van der Waals surface area contributed by atoms with E-state index in [0.717, 1.165) is 5.56 Å². The number of amides is 1. The van der Waals surface area contributed by atoms with Crippen LogP contribution in [0.3, 0.4) is 0 Å². The molecule has 2 N–H and O–H groups in total. The van der Waals surface area contributed by atoms with Crippen LogP contribution in [-0.4, -0.2) is 21.4 Å². The lowest BCUT2D eigenvalue weighted by atomic mass is 10.1. The number of nitrogens with one attached hydrogen (secondary N) is 2. The van der Waals surface area contributed by atoms with E-state index in [2.05, 4.69) is 10.0 Å². The molecule has 0 saturated carbocycles. The molecule has 0 radical (unpaired) electrons. The van der Waals surface area contributed by atoms with Crippen molar-refractivity contribution in [3.63, 3.8) is 0 Å². The van der Waals surface area contributed by atoms with Crippen molar-refractivity contribution in [1.82, 2.24) is 10.0 Å². The summed E-state index contributed by atoms with van der Waals surface area (Å²) >= 11 is 0. The lowest BCUT2D eigenvalue weighted by molar-refractivity contribution is 0.0951. The van der Waals surface area contributed by atoms with E-state index in [1.54, 1.807) is 42.5 Å². The fourth-order valence-corrected chi connectivity index (χ4v) is 2.76. The van der Waals surface area contributed by atoms with Gasteiger partial charge in [0.05, 0.1) is 5.75 Å². The van der Waals surface area contributed by atoms with Crippen LogP contribution in [0.25, 0.3) is 0 Å². The largest absolute Gasteiger partial charge is 0.348 e. The highest BCUT2D eigenvalue weighted by Crippen LogP contribution is 2.09. The van der Waals surface area contributed by atoms with E-state index in [0.29, 0.717) is 17.7 Å². The third-order valence-electron chi connectivity index (χ3n) is 3.15. The van der Waals surface area contributed by atoms with Crippen LogP contribution in [0.15, 0.2) is 54.6 Å². The van der Waals surface area contributed by atoms with E-state index in [1.165, 1.54) is 7.05 Å². The SMILES string of the molecule is CNS(=O)(=O)Cc1cccc(CNC(=O)c2ccccc2)c1. The van der Waals surface area contributed by atoms with Gasteiger partial charge in [0.15, 0.2) is 0 Å². The lowest BCUT2D eigenvalue weighted by Gasteiger charge is -2.08. The topological polar surface area (TPSA) is 75.3 Å². The summed E-state index contributed by atoms with van der Waals surface area (Å²) in [5, 5.41) is 2.82. The van der Waals surface area contributed by atoms with Crippen molar-refractivity contribution in [2.24, 2.45) is 0 Å². The Hall–Kier alpha value is -2.18. The molecule has 0 aliphatic rings. The van der Waals surface area contributed by atoms with Gasteiger partial charge in [-0.05, 0) is 30.3 Å². The van der Waals surface area contributed by atoms with E-state index < -0.39 is 10.0 Å². The quantitative estimate of drug-likeness (QED) is 0.850. The molecule has 0 aliphatic carbocycles. The first-order chi connectivity index (χ1) is 10.5. The van der Waals surface area contributed by atoms with Crippen molar-refractivity contribution in [2.45, 2.75) is 12.3 Å². The first-order valence-corrected chi connectivity index (χ1v) is 8.48. The maximum atomic E-state index is 12.0.